The molecule has 6 nitrogen and oxygen atoms in total. The molecule has 0 aliphatic rings. The highest BCUT2D eigenvalue weighted by Crippen LogP contribution is 2.24. The second-order valence-electron chi connectivity index (χ2n) is 7.36. The number of aliphatic hydroxyl groups excluding tert-OH is 1. The van der Waals surface area contributed by atoms with E-state index in [1.165, 1.54) is 11.1 Å². The summed E-state index contributed by atoms with van der Waals surface area (Å²) in [6.07, 6.45) is 1.74. The first-order valence-corrected chi connectivity index (χ1v) is 9.48. The van der Waals surface area contributed by atoms with Crippen LogP contribution in [0.1, 0.15) is 25.0 Å². The number of nitrogens with one attached hydrogen (secondary N) is 2. The molecule has 1 aromatic carbocycles. The van der Waals surface area contributed by atoms with Crippen LogP contribution in [0.4, 0.5) is 17.5 Å². The molecule has 3 N–H and O–H groups in total. The number of nitrogens with zero attached hydrogens (tertiary/aromatic N) is 3. The van der Waals surface area contributed by atoms with E-state index in [2.05, 4.69) is 57.6 Å². The van der Waals surface area contributed by atoms with Crippen molar-refractivity contribution >= 4 is 17.5 Å². The van der Waals surface area contributed by atoms with Crippen LogP contribution >= 0.6 is 0 Å². The lowest BCUT2D eigenvalue weighted by Crippen LogP contribution is -2.30. The number of benzene rings is 1. The van der Waals surface area contributed by atoms with Crippen LogP contribution in [0.3, 0.4) is 0 Å². The number of rotatable bonds is 7. The molecule has 28 heavy (non-hydrogen) atoms. The standard InChI is InChI=1S/C22H27N5O/c1-14(2)20(13-28)26-22-25-19(18-7-5-6-8-23-18)12-21(27-22)24-17-10-15(3)9-16(4)11-17/h5-12,14,20,28H,13H2,1-4H3,(H2,24,25,26,27)/t20-/m0/s1. The van der Waals surface area contributed by atoms with Crippen LogP contribution in [0.2, 0.25) is 0 Å². The van der Waals surface area contributed by atoms with Gasteiger partial charge in [-0.25, -0.2) is 4.98 Å². The van der Waals surface area contributed by atoms with Gasteiger partial charge in [0.15, 0.2) is 0 Å². The molecule has 0 bridgehead atoms. The Morgan fingerprint density at radius 1 is 0.964 bits per heavy atom. The van der Waals surface area contributed by atoms with Crippen molar-refractivity contribution in [3.8, 4) is 11.4 Å². The number of anilines is 3. The average Bonchev–Trinajstić information content (AvgIpc) is 2.65. The number of aryl methyl sites for hydroxylation is 2. The van der Waals surface area contributed by atoms with Gasteiger partial charge < -0.3 is 15.7 Å². The maximum absolute atomic E-state index is 9.66. The zero-order chi connectivity index (χ0) is 20.1. The molecule has 0 unspecified atom stereocenters. The van der Waals surface area contributed by atoms with Crippen LogP contribution in [0.15, 0.2) is 48.7 Å². The average molecular weight is 377 g/mol. The van der Waals surface area contributed by atoms with Crippen molar-refractivity contribution in [3.05, 3.63) is 59.8 Å². The quantitative estimate of drug-likeness (QED) is 0.568. The van der Waals surface area contributed by atoms with Crippen LogP contribution in [-0.4, -0.2) is 32.7 Å². The molecule has 0 spiro atoms. The number of aliphatic hydroxyl groups is 1. The monoisotopic (exact) mass is 377 g/mol. The summed E-state index contributed by atoms with van der Waals surface area (Å²) in [5.41, 5.74) is 4.81. The van der Waals surface area contributed by atoms with E-state index in [0.717, 1.165) is 11.4 Å². The third-order valence-electron chi connectivity index (χ3n) is 4.46. The Labute approximate surface area is 166 Å². The van der Waals surface area contributed by atoms with E-state index in [9.17, 15) is 5.11 Å². The van der Waals surface area contributed by atoms with Gasteiger partial charge in [-0.05, 0) is 55.2 Å². The van der Waals surface area contributed by atoms with Gasteiger partial charge in [-0.1, -0.05) is 26.0 Å². The summed E-state index contributed by atoms with van der Waals surface area (Å²) in [5, 5.41) is 16.3. The highest BCUT2D eigenvalue weighted by atomic mass is 16.3. The largest absolute Gasteiger partial charge is 0.394 e. The van der Waals surface area contributed by atoms with Crippen LogP contribution in [0.5, 0.6) is 0 Å². The van der Waals surface area contributed by atoms with Crippen molar-refractivity contribution in [2.45, 2.75) is 33.7 Å². The van der Waals surface area contributed by atoms with Crippen molar-refractivity contribution in [2.24, 2.45) is 5.92 Å². The first-order chi connectivity index (χ1) is 13.4. The van der Waals surface area contributed by atoms with Crippen molar-refractivity contribution in [3.63, 3.8) is 0 Å². The second-order valence-corrected chi connectivity index (χ2v) is 7.36. The Kier molecular flexibility index (Phi) is 6.21. The van der Waals surface area contributed by atoms with Crippen LogP contribution in [0, 0.1) is 19.8 Å². The minimum atomic E-state index is -0.131. The molecule has 1 atom stereocenters. The van der Waals surface area contributed by atoms with E-state index in [-0.39, 0.29) is 18.6 Å². The highest BCUT2D eigenvalue weighted by Gasteiger charge is 2.15. The van der Waals surface area contributed by atoms with Crippen molar-refractivity contribution in [2.75, 3.05) is 17.2 Å². The maximum Gasteiger partial charge on any atom is 0.225 e. The van der Waals surface area contributed by atoms with Crippen molar-refractivity contribution < 1.29 is 5.11 Å². The predicted molar refractivity (Wildman–Crippen MR) is 114 cm³/mol. The molecule has 0 aliphatic heterocycles. The lowest BCUT2D eigenvalue weighted by atomic mass is 10.1. The highest BCUT2D eigenvalue weighted by molar-refractivity contribution is 5.66. The molecule has 0 saturated carbocycles. The zero-order valence-corrected chi connectivity index (χ0v) is 16.8. The summed E-state index contributed by atoms with van der Waals surface area (Å²) in [4.78, 5) is 13.6. The Bertz CT molecular complexity index is 907. The summed E-state index contributed by atoms with van der Waals surface area (Å²) in [7, 11) is 0. The van der Waals surface area contributed by atoms with Gasteiger partial charge in [-0.15, -0.1) is 0 Å². The second kappa shape index (κ2) is 8.80. The normalized spacial score (nSPS) is 12.1. The number of aromatic nitrogens is 3. The van der Waals surface area contributed by atoms with Crippen LogP contribution in [0.25, 0.3) is 11.4 Å². The molecule has 3 aromatic rings. The van der Waals surface area contributed by atoms with Crippen molar-refractivity contribution in [1.29, 1.82) is 0 Å². The van der Waals surface area contributed by atoms with Gasteiger partial charge in [0.2, 0.25) is 5.95 Å². The fourth-order valence-corrected chi connectivity index (χ4v) is 3.00. The van der Waals surface area contributed by atoms with E-state index in [0.29, 0.717) is 17.5 Å². The number of hydrogen-bond donors (Lipinski definition) is 3. The van der Waals surface area contributed by atoms with E-state index < -0.39 is 0 Å². The fourth-order valence-electron chi connectivity index (χ4n) is 3.00. The van der Waals surface area contributed by atoms with E-state index >= 15 is 0 Å². The summed E-state index contributed by atoms with van der Waals surface area (Å²) < 4.78 is 0. The van der Waals surface area contributed by atoms with Crippen LogP contribution in [-0.2, 0) is 0 Å². The smallest absolute Gasteiger partial charge is 0.225 e. The third kappa shape index (κ3) is 5.04. The Morgan fingerprint density at radius 3 is 2.32 bits per heavy atom. The Morgan fingerprint density at radius 2 is 1.71 bits per heavy atom. The fraction of sp³-hybridized carbons (Fsp3) is 0.318. The van der Waals surface area contributed by atoms with Crippen LogP contribution < -0.4 is 10.6 Å². The minimum Gasteiger partial charge on any atom is -0.394 e. The molecular weight excluding hydrogens is 350 g/mol. The zero-order valence-electron chi connectivity index (χ0n) is 16.8. The van der Waals surface area contributed by atoms with Gasteiger partial charge in [0.25, 0.3) is 0 Å². The third-order valence-corrected chi connectivity index (χ3v) is 4.46. The van der Waals surface area contributed by atoms with E-state index in [4.69, 9.17) is 0 Å². The molecule has 0 radical (unpaired) electrons. The summed E-state index contributed by atoms with van der Waals surface area (Å²) in [5.74, 6) is 1.37. The molecule has 6 heteroatoms. The van der Waals surface area contributed by atoms with Crippen molar-refractivity contribution in [1.82, 2.24) is 15.0 Å². The molecule has 3 rings (SSSR count). The minimum absolute atomic E-state index is 0.00861. The first-order valence-electron chi connectivity index (χ1n) is 9.48. The number of pyridine rings is 1. The summed E-state index contributed by atoms with van der Waals surface area (Å²) >= 11 is 0. The van der Waals surface area contributed by atoms with Gasteiger partial charge in [0.1, 0.15) is 5.82 Å². The van der Waals surface area contributed by atoms with E-state index in [1.807, 2.05) is 38.1 Å². The molecule has 0 amide bonds. The number of hydrogen-bond acceptors (Lipinski definition) is 6. The van der Waals surface area contributed by atoms with Gasteiger partial charge in [0, 0.05) is 18.0 Å². The predicted octanol–water partition coefficient (Wildman–Crippen LogP) is 4.33. The lowest BCUT2D eigenvalue weighted by Gasteiger charge is -2.20. The van der Waals surface area contributed by atoms with E-state index in [1.54, 1.807) is 6.20 Å². The molecule has 146 valence electrons. The van der Waals surface area contributed by atoms with Gasteiger partial charge in [-0.2, -0.15) is 4.98 Å². The van der Waals surface area contributed by atoms with Gasteiger partial charge >= 0.3 is 0 Å². The molecule has 0 fully saturated rings. The molecule has 2 aromatic heterocycles. The summed E-state index contributed by atoms with van der Waals surface area (Å²) in [6.45, 7) is 8.24. The Balaban J connectivity index is 1.99. The Hall–Kier alpha value is -2.99. The first kappa shape index (κ1) is 19.8. The summed E-state index contributed by atoms with van der Waals surface area (Å²) in [6, 6.07) is 13.8. The molecule has 2 heterocycles. The van der Waals surface area contributed by atoms with Gasteiger partial charge in [-0.3, -0.25) is 4.98 Å². The topological polar surface area (TPSA) is 83.0 Å². The molecule has 0 saturated heterocycles. The lowest BCUT2D eigenvalue weighted by molar-refractivity contribution is 0.248. The SMILES string of the molecule is Cc1cc(C)cc(Nc2cc(-c3ccccn3)nc(N[C@@H](CO)C(C)C)n2)c1. The van der Waals surface area contributed by atoms with Gasteiger partial charge in [0.05, 0.1) is 24.0 Å². The molecule has 0 aliphatic carbocycles. The molecular formula is C22H27N5O. The maximum atomic E-state index is 9.66.